The molecule has 3 aromatic rings. The average molecular weight is 320 g/mol. The Bertz CT molecular complexity index is 808. The summed E-state index contributed by atoms with van der Waals surface area (Å²) in [4.78, 5) is 9.68. The highest BCUT2D eigenvalue weighted by Crippen LogP contribution is 2.26. The van der Waals surface area contributed by atoms with Crippen molar-refractivity contribution in [1.82, 2.24) is 9.97 Å². The van der Waals surface area contributed by atoms with Gasteiger partial charge in [0.25, 0.3) is 0 Å². The fraction of sp³-hybridized carbons (Fsp3) is 0.455. The van der Waals surface area contributed by atoms with Gasteiger partial charge in [-0.3, -0.25) is 9.97 Å². The second-order valence-corrected chi connectivity index (χ2v) is 6.72. The Labute approximate surface area is 145 Å². The lowest BCUT2D eigenvalue weighted by atomic mass is 9.99. The third-order valence-electron chi connectivity index (χ3n) is 4.79. The largest absolute Gasteiger partial charge is 0.254 e. The molecule has 0 bridgehead atoms. The predicted molar refractivity (Wildman–Crippen MR) is 104 cm³/mol. The van der Waals surface area contributed by atoms with Gasteiger partial charge in [-0.05, 0) is 43.4 Å². The summed E-state index contributed by atoms with van der Waals surface area (Å²) in [6.07, 6.45) is 11.7. The molecule has 0 atom stereocenters. The SMILES string of the molecule is CCCCCc1cc2ccc3cccnc3c2nc1CCCCC. The van der Waals surface area contributed by atoms with Gasteiger partial charge in [0.1, 0.15) is 0 Å². The number of unbranched alkanes of at least 4 members (excludes halogenated alkanes) is 4. The molecule has 1 aromatic carbocycles. The van der Waals surface area contributed by atoms with Gasteiger partial charge in [-0.15, -0.1) is 0 Å². The molecule has 3 rings (SSSR count). The van der Waals surface area contributed by atoms with Crippen LogP contribution in [0.2, 0.25) is 0 Å². The molecule has 2 heteroatoms. The van der Waals surface area contributed by atoms with Crippen molar-refractivity contribution in [3.05, 3.63) is 47.8 Å². The molecule has 24 heavy (non-hydrogen) atoms. The van der Waals surface area contributed by atoms with Crippen LogP contribution in [-0.2, 0) is 12.8 Å². The van der Waals surface area contributed by atoms with E-state index in [1.165, 1.54) is 60.6 Å². The number of hydrogen-bond donors (Lipinski definition) is 0. The maximum atomic E-state index is 5.09. The molecule has 0 aliphatic heterocycles. The Balaban J connectivity index is 2.03. The van der Waals surface area contributed by atoms with Gasteiger partial charge in [0, 0.05) is 22.7 Å². The summed E-state index contributed by atoms with van der Waals surface area (Å²) in [5, 5.41) is 2.41. The number of benzene rings is 1. The quantitative estimate of drug-likeness (QED) is 0.362. The number of aryl methyl sites for hydroxylation is 2. The topological polar surface area (TPSA) is 25.8 Å². The van der Waals surface area contributed by atoms with Crippen LogP contribution in [0.5, 0.6) is 0 Å². The molecule has 0 saturated carbocycles. The molecule has 2 aromatic heterocycles. The lowest BCUT2D eigenvalue weighted by Gasteiger charge is -2.12. The van der Waals surface area contributed by atoms with Crippen molar-refractivity contribution in [3.8, 4) is 0 Å². The summed E-state index contributed by atoms with van der Waals surface area (Å²) in [6.45, 7) is 4.52. The van der Waals surface area contributed by atoms with E-state index in [1.807, 2.05) is 12.3 Å². The van der Waals surface area contributed by atoms with E-state index in [0.29, 0.717) is 0 Å². The second-order valence-electron chi connectivity index (χ2n) is 6.72. The minimum absolute atomic E-state index is 1.03. The van der Waals surface area contributed by atoms with Gasteiger partial charge in [0.15, 0.2) is 0 Å². The van der Waals surface area contributed by atoms with Gasteiger partial charge in [-0.2, -0.15) is 0 Å². The van der Waals surface area contributed by atoms with E-state index in [0.717, 1.165) is 23.9 Å². The molecule has 0 fully saturated rings. The van der Waals surface area contributed by atoms with E-state index in [-0.39, 0.29) is 0 Å². The van der Waals surface area contributed by atoms with Crippen molar-refractivity contribution in [3.63, 3.8) is 0 Å². The van der Waals surface area contributed by atoms with Crippen LogP contribution in [0, 0.1) is 0 Å². The summed E-state index contributed by atoms with van der Waals surface area (Å²) < 4.78 is 0. The van der Waals surface area contributed by atoms with Gasteiger partial charge < -0.3 is 0 Å². The first kappa shape index (κ1) is 16.9. The van der Waals surface area contributed by atoms with E-state index in [9.17, 15) is 0 Å². The van der Waals surface area contributed by atoms with Crippen LogP contribution in [0.3, 0.4) is 0 Å². The van der Waals surface area contributed by atoms with Crippen LogP contribution in [0.1, 0.15) is 63.6 Å². The molecule has 0 spiro atoms. The number of fused-ring (bicyclic) bond motifs is 3. The summed E-state index contributed by atoms with van der Waals surface area (Å²) in [5.41, 5.74) is 4.85. The highest BCUT2D eigenvalue weighted by Gasteiger charge is 2.10. The van der Waals surface area contributed by atoms with Gasteiger partial charge in [-0.1, -0.05) is 57.7 Å². The van der Waals surface area contributed by atoms with Gasteiger partial charge in [0.05, 0.1) is 11.0 Å². The first-order chi connectivity index (χ1) is 11.8. The zero-order valence-corrected chi connectivity index (χ0v) is 15.0. The maximum Gasteiger partial charge on any atom is 0.0968 e. The minimum atomic E-state index is 1.03. The molecule has 0 amide bonds. The molecule has 0 aliphatic carbocycles. The molecule has 0 unspecified atom stereocenters. The fourth-order valence-corrected chi connectivity index (χ4v) is 3.40. The zero-order chi connectivity index (χ0) is 16.8. The summed E-state index contributed by atoms with van der Waals surface area (Å²) in [7, 11) is 0. The van der Waals surface area contributed by atoms with E-state index >= 15 is 0 Å². The van der Waals surface area contributed by atoms with E-state index in [1.54, 1.807) is 0 Å². The van der Waals surface area contributed by atoms with Crippen molar-refractivity contribution in [2.24, 2.45) is 0 Å². The summed E-state index contributed by atoms with van der Waals surface area (Å²) in [5.74, 6) is 0. The summed E-state index contributed by atoms with van der Waals surface area (Å²) >= 11 is 0. The van der Waals surface area contributed by atoms with Crippen LogP contribution in [-0.4, -0.2) is 9.97 Å². The number of rotatable bonds is 8. The first-order valence-corrected chi connectivity index (χ1v) is 9.49. The van der Waals surface area contributed by atoms with E-state index < -0.39 is 0 Å². The third-order valence-corrected chi connectivity index (χ3v) is 4.79. The molecule has 2 nitrogen and oxygen atoms in total. The normalized spacial score (nSPS) is 11.4. The van der Waals surface area contributed by atoms with Crippen molar-refractivity contribution in [2.45, 2.75) is 65.2 Å². The molecular formula is C22H28N2. The van der Waals surface area contributed by atoms with Crippen LogP contribution in [0.4, 0.5) is 0 Å². The predicted octanol–water partition coefficient (Wildman–Crippen LogP) is 6.25. The molecule has 2 heterocycles. The molecule has 0 radical (unpaired) electrons. The van der Waals surface area contributed by atoms with Crippen LogP contribution < -0.4 is 0 Å². The molecular weight excluding hydrogens is 292 g/mol. The number of aromatic nitrogens is 2. The van der Waals surface area contributed by atoms with Gasteiger partial charge >= 0.3 is 0 Å². The maximum absolute atomic E-state index is 5.09. The van der Waals surface area contributed by atoms with E-state index in [2.05, 4.69) is 43.1 Å². The van der Waals surface area contributed by atoms with Crippen molar-refractivity contribution < 1.29 is 0 Å². The van der Waals surface area contributed by atoms with Gasteiger partial charge in [-0.25, -0.2) is 0 Å². The fourth-order valence-electron chi connectivity index (χ4n) is 3.40. The van der Waals surface area contributed by atoms with Crippen LogP contribution in [0.15, 0.2) is 36.5 Å². The first-order valence-electron chi connectivity index (χ1n) is 9.49. The Hall–Kier alpha value is -1.96. The zero-order valence-electron chi connectivity index (χ0n) is 15.0. The molecule has 0 N–H and O–H groups in total. The number of nitrogens with zero attached hydrogens (tertiary/aromatic N) is 2. The van der Waals surface area contributed by atoms with E-state index in [4.69, 9.17) is 4.98 Å². The van der Waals surface area contributed by atoms with Crippen molar-refractivity contribution >= 4 is 21.8 Å². The monoisotopic (exact) mass is 320 g/mol. The van der Waals surface area contributed by atoms with Crippen LogP contribution >= 0.6 is 0 Å². The highest BCUT2D eigenvalue weighted by atomic mass is 14.8. The molecule has 0 aliphatic rings. The molecule has 126 valence electrons. The van der Waals surface area contributed by atoms with Crippen molar-refractivity contribution in [1.29, 1.82) is 0 Å². The van der Waals surface area contributed by atoms with Crippen LogP contribution in [0.25, 0.3) is 21.8 Å². The third kappa shape index (κ3) is 3.75. The standard InChI is InChI=1S/C22H28N2/c1-3-5-7-10-18-16-19-14-13-17-11-9-15-23-21(17)22(19)24-20(18)12-8-6-4-2/h9,11,13-16H,3-8,10,12H2,1-2H3. The highest BCUT2D eigenvalue weighted by molar-refractivity contribution is 6.02. The Morgan fingerprint density at radius 2 is 1.54 bits per heavy atom. The lowest BCUT2D eigenvalue weighted by Crippen LogP contribution is -2.00. The minimum Gasteiger partial charge on any atom is -0.254 e. The van der Waals surface area contributed by atoms with Gasteiger partial charge in [0.2, 0.25) is 0 Å². The average Bonchev–Trinajstić information content (AvgIpc) is 2.62. The molecule has 0 saturated heterocycles. The number of pyridine rings is 2. The smallest absolute Gasteiger partial charge is 0.0968 e. The van der Waals surface area contributed by atoms with Crippen molar-refractivity contribution in [2.75, 3.05) is 0 Å². The Morgan fingerprint density at radius 1 is 0.792 bits per heavy atom. The number of hydrogen-bond acceptors (Lipinski definition) is 2. The Morgan fingerprint density at radius 3 is 2.33 bits per heavy atom. The lowest BCUT2D eigenvalue weighted by molar-refractivity contribution is 0.685. The summed E-state index contributed by atoms with van der Waals surface area (Å²) in [6, 6.07) is 10.8. The Kier molecular flexibility index (Phi) is 5.79. The second kappa shape index (κ2) is 8.23.